The van der Waals surface area contributed by atoms with Gasteiger partial charge in [0.25, 0.3) is 0 Å². The average molecular weight is 441 g/mol. The number of nitrogens with zero attached hydrogens (tertiary/aromatic N) is 3. The van der Waals surface area contributed by atoms with Crippen LogP contribution < -0.4 is 10.2 Å². The number of carbonyl (C=O) groups excluding carboxylic acids is 1. The largest absolute Gasteiger partial charge is 0.378 e. The predicted molar refractivity (Wildman–Crippen MR) is 125 cm³/mol. The third kappa shape index (κ3) is 5.65. The molecule has 2 aromatic rings. The number of piperazine rings is 1. The van der Waals surface area contributed by atoms with Gasteiger partial charge in [0, 0.05) is 56.7 Å². The van der Waals surface area contributed by atoms with Gasteiger partial charge in [-0.2, -0.15) is 0 Å². The summed E-state index contributed by atoms with van der Waals surface area (Å²) in [5, 5.41) is 3.07. The summed E-state index contributed by atoms with van der Waals surface area (Å²) in [5.74, 6) is -0.189. The minimum absolute atomic E-state index is 0.0166. The number of ether oxygens (including phenoxy) is 1. The Morgan fingerprint density at radius 2 is 1.75 bits per heavy atom. The van der Waals surface area contributed by atoms with E-state index in [0.29, 0.717) is 0 Å². The van der Waals surface area contributed by atoms with E-state index >= 15 is 0 Å². The molecule has 2 aromatic carbocycles. The fourth-order valence-electron chi connectivity index (χ4n) is 4.59. The first-order valence-electron chi connectivity index (χ1n) is 11.5. The highest BCUT2D eigenvalue weighted by Crippen LogP contribution is 2.21. The van der Waals surface area contributed by atoms with Crippen LogP contribution in [0.2, 0.25) is 0 Å². The summed E-state index contributed by atoms with van der Waals surface area (Å²) in [5.41, 5.74) is 3.09. The van der Waals surface area contributed by atoms with Crippen LogP contribution in [0, 0.1) is 5.82 Å². The molecule has 0 aliphatic carbocycles. The predicted octanol–water partition coefficient (Wildman–Crippen LogP) is 3.20. The molecular weight excluding hydrogens is 407 g/mol. The second kappa shape index (κ2) is 10.4. The number of carbonyl (C=O) groups is 1. The number of halogens is 1. The summed E-state index contributed by atoms with van der Waals surface area (Å²) in [6.07, 6.45) is 0. The Hall–Kier alpha value is -2.48. The van der Waals surface area contributed by atoms with Crippen LogP contribution in [0.4, 0.5) is 15.8 Å². The fraction of sp³-hybridized carbons (Fsp3) is 0.480. The van der Waals surface area contributed by atoms with Gasteiger partial charge in [0.2, 0.25) is 5.91 Å². The van der Waals surface area contributed by atoms with Gasteiger partial charge >= 0.3 is 0 Å². The standard InChI is InChI=1S/C25H33FN4O2/c1-19-17-28(18-21-3-5-22(26)6-4-21)11-12-30(19)20(2)25(31)27-23-7-9-24(10-8-23)29-13-15-32-16-14-29/h3-10,19-20H,11-18H2,1-2H3,(H,27,31)/t19-,20+/m1/s1. The van der Waals surface area contributed by atoms with Crippen molar-refractivity contribution >= 4 is 17.3 Å². The summed E-state index contributed by atoms with van der Waals surface area (Å²) in [6.45, 7) is 10.8. The Bertz CT molecular complexity index is 884. The molecule has 0 saturated carbocycles. The van der Waals surface area contributed by atoms with Crippen molar-refractivity contribution < 1.29 is 13.9 Å². The van der Waals surface area contributed by atoms with Gasteiger partial charge in [-0.05, 0) is 55.8 Å². The van der Waals surface area contributed by atoms with Crippen molar-refractivity contribution in [3.05, 3.63) is 59.9 Å². The van der Waals surface area contributed by atoms with Crippen molar-refractivity contribution in [2.45, 2.75) is 32.5 Å². The number of morpholine rings is 1. The molecule has 172 valence electrons. The molecule has 0 bridgehead atoms. The maximum Gasteiger partial charge on any atom is 0.241 e. The molecule has 4 rings (SSSR count). The van der Waals surface area contributed by atoms with Gasteiger partial charge in [0.15, 0.2) is 0 Å². The van der Waals surface area contributed by atoms with Crippen LogP contribution in [-0.2, 0) is 16.1 Å². The molecule has 32 heavy (non-hydrogen) atoms. The molecule has 1 N–H and O–H groups in total. The van der Waals surface area contributed by atoms with Gasteiger partial charge in [0.1, 0.15) is 5.82 Å². The van der Waals surface area contributed by atoms with Crippen molar-refractivity contribution in [2.24, 2.45) is 0 Å². The lowest BCUT2D eigenvalue weighted by Crippen LogP contribution is -2.57. The van der Waals surface area contributed by atoms with Crippen molar-refractivity contribution in [3.8, 4) is 0 Å². The molecule has 0 spiro atoms. The summed E-state index contributed by atoms with van der Waals surface area (Å²) in [4.78, 5) is 19.8. The molecule has 2 aliphatic heterocycles. The second-order valence-electron chi connectivity index (χ2n) is 8.76. The fourth-order valence-corrected chi connectivity index (χ4v) is 4.59. The highest BCUT2D eigenvalue weighted by Gasteiger charge is 2.30. The number of amides is 1. The van der Waals surface area contributed by atoms with Crippen LogP contribution >= 0.6 is 0 Å². The Morgan fingerprint density at radius 1 is 1.06 bits per heavy atom. The number of hydrogen-bond donors (Lipinski definition) is 1. The van der Waals surface area contributed by atoms with Gasteiger partial charge in [-0.3, -0.25) is 14.6 Å². The lowest BCUT2D eigenvalue weighted by molar-refractivity contribution is -0.122. The minimum atomic E-state index is -0.211. The van der Waals surface area contributed by atoms with E-state index in [1.165, 1.54) is 12.1 Å². The molecule has 1 amide bonds. The highest BCUT2D eigenvalue weighted by atomic mass is 19.1. The molecule has 0 unspecified atom stereocenters. The first-order valence-corrected chi connectivity index (χ1v) is 11.5. The van der Waals surface area contributed by atoms with Gasteiger partial charge in [-0.1, -0.05) is 12.1 Å². The number of hydrogen-bond acceptors (Lipinski definition) is 5. The zero-order chi connectivity index (χ0) is 22.5. The minimum Gasteiger partial charge on any atom is -0.378 e. The topological polar surface area (TPSA) is 48.0 Å². The van der Waals surface area contributed by atoms with E-state index < -0.39 is 0 Å². The number of anilines is 2. The van der Waals surface area contributed by atoms with Gasteiger partial charge in [-0.25, -0.2) is 4.39 Å². The quantitative estimate of drug-likeness (QED) is 0.748. The van der Waals surface area contributed by atoms with Crippen molar-refractivity contribution in [1.29, 1.82) is 0 Å². The zero-order valence-corrected chi connectivity index (χ0v) is 19.0. The second-order valence-corrected chi connectivity index (χ2v) is 8.76. The van der Waals surface area contributed by atoms with Gasteiger partial charge in [0.05, 0.1) is 19.3 Å². The van der Waals surface area contributed by atoms with Crippen molar-refractivity contribution in [3.63, 3.8) is 0 Å². The van der Waals surface area contributed by atoms with Crippen LogP contribution in [-0.4, -0.2) is 73.7 Å². The third-order valence-electron chi connectivity index (χ3n) is 6.47. The van der Waals surface area contributed by atoms with E-state index in [1.54, 1.807) is 0 Å². The lowest BCUT2D eigenvalue weighted by Gasteiger charge is -2.42. The molecule has 7 heteroatoms. The molecule has 2 heterocycles. The maximum atomic E-state index is 13.1. The third-order valence-corrected chi connectivity index (χ3v) is 6.47. The molecule has 2 saturated heterocycles. The summed E-state index contributed by atoms with van der Waals surface area (Å²) >= 11 is 0. The van der Waals surface area contributed by atoms with Crippen LogP contribution in [0.25, 0.3) is 0 Å². The Morgan fingerprint density at radius 3 is 2.41 bits per heavy atom. The number of nitrogens with one attached hydrogen (secondary N) is 1. The normalized spacial score (nSPS) is 21.3. The highest BCUT2D eigenvalue weighted by molar-refractivity contribution is 5.94. The molecule has 2 aliphatic rings. The lowest BCUT2D eigenvalue weighted by atomic mass is 10.1. The van der Waals surface area contributed by atoms with Crippen LogP contribution in [0.3, 0.4) is 0 Å². The summed E-state index contributed by atoms with van der Waals surface area (Å²) in [6, 6.07) is 14.8. The molecule has 2 atom stereocenters. The zero-order valence-electron chi connectivity index (χ0n) is 19.0. The number of benzene rings is 2. The monoisotopic (exact) mass is 440 g/mol. The van der Waals surface area contributed by atoms with E-state index in [-0.39, 0.29) is 23.8 Å². The smallest absolute Gasteiger partial charge is 0.241 e. The van der Waals surface area contributed by atoms with E-state index in [0.717, 1.165) is 69.4 Å². The first-order chi connectivity index (χ1) is 15.5. The van der Waals surface area contributed by atoms with Crippen LogP contribution in [0.15, 0.2) is 48.5 Å². The van der Waals surface area contributed by atoms with Gasteiger partial charge in [-0.15, -0.1) is 0 Å². The maximum absolute atomic E-state index is 13.1. The van der Waals surface area contributed by atoms with E-state index in [4.69, 9.17) is 4.74 Å². The van der Waals surface area contributed by atoms with E-state index in [9.17, 15) is 9.18 Å². The van der Waals surface area contributed by atoms with Crippen molar-refractivity contribution in [2.75, 3.05) is 56.2 Å². The Kier molecular flexibility index (Phi) is 7.40. The van der Waals surface area contributed by atoms with E-state index in [1.807, 2.05) is 31.2 Å². The summed E-state index contributed by atoms with van der Waals surface area (Å²) in [7, 11) is 0. The molecular formula is C25H33FN4O2. The van der Waals surface area contributed by atoms with Crippen molar-refractivity contribution in [1.82, 2.24) is 9.80 Å². The molecule has 6 nitrogen and oxygen atoms in total. The molecule has 2 fully saturated rings. The SMILES string of the molecule is C[C@@H]1CN(Cc2ccc(F)cc2)CCN1[C@@H](C)C(=O)Nc1ccc(N2CCOCC2)cc1. The number of rotatable bonds is 6. The summed E-state index contributed by atoms with van der Waals surface area (Å²) < 4.78 is 18.6. The first kappa shape index (κ1) is 22.7. The Balaban J connectivity index is 1.28. The van der Waals surface area contributed by atoms with Gasteiger partial charge < -0.3 is 15.0 Å². The average Bonchev–Trinajstić information content (AvgIpc) is 2.81. The van der Waals surface area contributed by atoms with Crippen LogP contribution in [0.5, 0.6) is 0 Å². The van der Waals surface area contributed by atoms with E-state index in [2.05, 4.69) is 39.1 Å². The van der Waals surface area contributed by atoms with Crippen LogP contribution in [0.1, 0.15) is 19.4 Å². The molecule has 0 radical (unpaired) electrons. The Labute approximate surface area is 189 Å². The molecule has 0 aromatic heterocycles.